The first-order chi connectivity index (χ1) is 11.8. The molecule has 1 aromatic carbocycles. The number of aromatic nitrogens is 2. The third-order valence-corrected chi connectivity index (χ3v) is 4.15. The summed E-state index contributed by atoms with van der Waals surface area (Å²) in [6.07, 6.45) is 0. The van der Waals surface area contributed by atoms with Crippen molar-refractivity contribution in [3.8, 4) is 0 Å². The molecule has 10 nitrogen and oxygen atoms in total. The van der Waals surface area contributed by atoms with E-state index in [0.717, 1.165) is 17.8 Å². The quantitative estimate of drug-likeness (QED) is 0.423. The molecule has 0 bridgehead atoms. The van der Waals surface area contributed by atoms with Crippen LogP contribution < -0.4 is 11.1 Å². The van der Waals surface area contributed by atoms with Crippen LogP contribution in [0.4, 0.5) is 5.69 Å². The van der Waals surface area contributed by atoms with Gasteiger partial charge in [0.1, 0.15) is 6.04 Å². The summed E-state index contributed by atoms with van der Waals surface area (Å²) in [7, 11) is 0. The second-order valence-electron chi connectivity index (χ2n) is 5.06. The number of nitrogens with two attached hydrogens (primary N) is 1. The fourth-order valence-electron chi connectivity index (χ4n) is 1.91. The van der Waals surface area contributed by atoms with Gasteiger partial charge >= 0.3 is 0 Å². The summed E-state index contributed by atoms with van der Waals surface area (Å²) in [6.45, 7) is 3.34. The number of nitrogens with zero attached hydrogens (tertiary/aromatic N) is 3. The minimum Gasteiger partial charge on any atom is -0.366 e. The van der Waals surface area contributed by atoms with Gasteiger partial charge in [-0.15, -0.1) is 11.8 Å². The second kappa shape index (κ2) is 7.75. The molecule has 0 aliphatic carbocycles. The second-order valence-corrected chi connectivity index (χ2v) is 6.08. The topological polar surface area (TPSA) is 154 Å². The van der Waals surface area contributed by atoms with Gasteiger partial charge in [-0.2, -0.15) is 4.98 Å². The van der Waals surface area contributed by atoms with E-state index in [4.69, 9.17) is 10.3 Å². The summed E-state index contributed by atoms with van der Waals surface area (Å²) in [5, 5.41) is 17.4. The monoisotopic (exact) mass is 365 g/mol. The van der Waals surface area contributed by atoms with E-state index >= 15 is 0 Å². The van der Waals surface area contributed by atoms with E-state index in [0.29, 0.717) is 5.82 Å². The number of nitro groups is 1. The lowest BCUT2D eigenvalue weighted by molar-refractivity contribution is -0.387. The Bertz CT molecular complexity index is 822. The Kier molecular flexibility index (Phi) is 5.70. The summed E-state index contributed by atoms with van der Waals surface area (Å²) in [5.41, 5.74) is 4.86. The molecule has 2 rings (SSSR count). The average Bonchev–Trinajstić information content (AvgIpc) is 2.99. The number of aryl methyl sites for hydroxylation is 1. The van der Waals surface area contributed by atoms with Crippen molar-refractivity contribution in [2.45, 2.75) is 24.8 Å². The number of hydrogen-bond acceptors (Lipinski definition) is 8. The van der Waals surface area contributed by atoms with Gasteiger partial charge in [-0.1, -0.05) is 5.16 Å². The van der Waals surface area contributed by atoms with Crippen molar-refractivity contribution in [3.63, 3.8) is 0 Å². The molecule has 11 heteroatoms. The van der Waals surface area contributed by atoms with Crippen LogP contribution in [-0.2, 0) is 4.79 Å². The first-order valence-corrected chi connectivity index (χ1v) is 8.07. The lowest BCUT2D eigenvalue weighted by atomic mass is 10.2. The van der Waals surface area contributed by atoms with Crippen LogP contribution in [0.25, 0.3) is 0 Å². The number of carbonyl (C=O) groups is 2. The van der Waals surface area contributed by atoms with Crippen molar-refractivity contribution in [2.75, 3.05) is 5.75 Å². The van der Waals surface area contributed by atoms with E-state index < -0.39 is 16.9 Å². The first kappa shape index (κ1) is 18.4. The molecule has 2 amide bonds. The molecule has 1 heterocycles. The van der Waals surface area contributed by atoms with Crippen LogP contribution in [0, 0.1) is 17.0 Å². The summed E-state index contributed by atoms with van der Waals surface area (Å²) in [4.78, 5) is 37.9. The van der Waals surface area contributed by atoms with Gasteiger partial charge in [0.05, 0.1) is 15.6 Å². The number of benzene rings is 1. The molecule has 132 valence electrons. The molecule has 1 aromatic heterocycles. The summed E-state index contributed by atoms with van der Waals surface area (Å²) < 4.78 is 4.96. The van der Waals surface area contributed by atoms with Gasteiger partial charge in [0.2, 0.25) is 17.7 Å². The highest BCUT2D eigenvalue weighted by atomic mass is 32.2. The number of rotatable bonds is 7. The maximum absolute atomic E-state index is 12.0. The van der Waals surface area contributed by atoms with Gasteiger partial charge in [-0.25, -0.2) is 0 Å². The minimum absolute atomic E-state index is 0.0286. The van der Waals surface area contributed by atoms with Crippen LogP contribution in [0.1, 0.15) is 35.0 Å². The molecule has 3 N–H and O–H groups in total. The van der Waals surface area contributed by atoms with E-state index in [1.165, 1.54) is 12.1 Å². The number of nitrogens with one attached hydrogen (secondary N) is 1. The van der Waals surface area contributed by atoms with Crippen LogP contribution in [0.3, 0.4) is 0 Å². The molecule has 0 saturated heterocycles. The molecule has 0 aliphatic heterocycles. The van der Waals surface area contributed by atoms with Crippen molar-refractivity contribution in [3.05, 3.63) is 45.6 Å². The predicted molar refractivity (Wildman–Crippen MR) is 87.9 cm³/mol. The van der Waals surface area contributed by atoms with Gasteiger partial charge in [-0.3, -0.25) is 19.7 Å². The van der Waals surface area contributed by atoms with Crippen molar-refractivity contribution in [2.24, 2.45) is 5.73 Å². The molecule has 0 fully saturated rings. The van der Waals surface area contributed by atoms with Gasteiger partial charge in [0.15, 0.2) is 5.82 Å². The Morgan fingerprint density at radius 2 is 2.20 bits per heavy atom. The van der Waals surface area contributed by atoms with Crippen molar-refractivity contribution in [1.29, 1.82) is 0 Å². The number of carbonyl (C=O) groups excluding carboxylic acids is 2. The minimum atomic E-state index is -0.763. The Morgan fingerprint density at radius 1 is 1.48 bits per heavy atom. The standard InChI is InChI=1S/C14H15N5O5S/c1-7(14-17-8(2)18-24-14)16-12(20)6-25-11-4-3-9(13(15)21)5-10(11)19(22)23/h3-5,7H,6H2,1-2H3,(H2,15,21)(H,16,20). The van der Waals surface area contributed by atoms with E-state index in [1.54, 1.807) is 13.8 Å². The zero-order valence-electron chi connectivity index (χ0n) is 13.4. The molecule has 0 aliphatic rings. The largest absolute Gasteiger partial charge is 0.366 e. The zero-order chi connectivity index (χ0) is 18.6. The van der Waals surface area contributed by atoms with Gasteiger partial charge in [0.25, 0.3) is 5.69 Å². The number of nitro benzene ring substituents is 1. The Balaban J connectivity index is 2.01. The van der Waals surface area contributed by atoms with Crippen LogP contribution in [0.15, 0.2) is 27.6 Å². The maximum atomic E-state index is 12.0. The molecule has 0 spiro atoms. The van der Waals surface area contributed by atoms with E-state index in [-0.39, 0.29) is 33.7 Å². The highest BCUT2D eigenvalue weighted by molar-refractivity contribution is 8.00. The molecular weight excluding hydrogens is 350 g/mol. The van der Waals surface area contributed by atoms with Crippen LogP contribution in [0.5, 0.6) is 0 Å². The number of primary amides is 1. The number of hydrogen-bond donors (Lipinski definition) is 2. The van der Waals surface area contributed by atoms with Crippen molar-refractivity contribution in [1.82, 2.24) is 15.5 Å². The molecular formula is C14H15N5O5S. The molecule has 0 radical (unpaired) electrons. The normalized spacial score (nSPS) is 11.8. The smallest absolute Gasteiger partial charge is 0.283 e. The van der Waals surface area contributed by atoms with E-state index in [1.807, 2.05) is 0 Å². The molecule has 0 saturated carbocycles. The van der Waals surface area contributed by atoms with Gasteiger partial charge in [-0.05, 0) is 26.0 Å². The highest BCUT2D eigenvalue weighted by Crippen LogP contribution is 2.30. The fourth-order valence-corrected chi connectivity index (χ4v) is 2.73. The summed E-state index contributed by atoms with van der Waals surface area (Å²) >= 11 is 0.974. The number of amides is 2. The maximum Gasteiger partial charge on any atom is 0.283 e. The van der Waals surface area contributed by atoms with E-state index in [2.05, 4.69) is 15.5 Å². The molecule has 2 aromatic rings. The summed E-state index contributed by atoms with van der Waals surface area (Å²) in [6, 6.07) is 3.37. The van der Waals surface area contributed by atoms with Crippen molar-refractivity contribution < 1.29 is 19.0 Å². The first-order valence-electron chi connectivity index (χ1n) is 7.08. The third-order valence-electron chi connectivity index (χ3n) is 3.09. The van der Waals surface area contributed by atoms with Crippen molar-refractivity contribution >= 4 is 29.3 Å². The third kappa shape index (κ3) is 4.76. The average molecular weight is 365 g/mol. The molecule has 25 heavy (non-hydrogen) atoms. The van der Waals surface area contributed by atoms with Crippen LogP contribution in [-0.4, -0.2) is 32.6 Å². The van der Waals surface area contributed by atoms with Crippen LogP contribution in [0.2, 0.25) is 0 Å². The molecule has 1 unspecified atom stereocenters. The zero-order valence-corrected chi connectivity index (χ0v) is 14.2. The Morgan fingerprint density at radius 3 is 2.76 bits per heavy atom. The molecule has 1 atom stereocenters. The Hall–Kier alpha value is -2.95. The highest BCUT2D eigenvalue weighted by Gasteiger charge is 2.19. The SMILES string of the molecule is Cc1noc(C(C)NC(=O)CSc2ccc(C(N)=O)cc2[N+](=O)[O-])n1. The lowest BCUT2D eigenvalue weighted by Gasteiger charge is -2.09. The van der Waals surface area contributed by atoms with Gasteiger partial charge in [0, 0.05) is 11.6 Å². The summed E-state index contributed by atoms with van der Waals surface area (Å²) in [5.74, 6) is -0.459. The van der Waals surface area contributed by atoms with Gasteiger partial charge < -0.3 is 15.6 Å². The Labute approximate surface area is 146 Å². The lowest BCUT2D eigenvalue weighted by Crippen LogP contribution is -2.28. The van der Waals surface area contributed by atoms with E-state index in [9.17, 15) is 19.7 Å². The van der Waals surface area contributed by atoms with Crippen LogP contribution >= 0.6 is 11.8 Å². The number of thioether (sulfide) groups is 1. The predicted octanol–water partition coefficient (Wildman–Crippen LogP) is 1.35. The fraction of sp³-hybridized carbons (Fsp3) is 0.286.